The summed E-state index contributed by atoms with van der Waals surface area (Å²) in [5, 5.41) is 47.3. The van der Waals surface area contributed by atoms with Crippen LogP contribution in [0.3, 0.4) is 0 Å². The number of H-pyrrole nitrogens is 1. The number of rotatable bonds is 23. The van der Waals surface area contributed by atoms with Crippen LogP contribution in [0, 0.1) is 38.2 Å². The van der Waals surface area contributed by atoms with Gasteiger partial charge in [-0.1, -0.05) is 34.0 Å². The van der Waals surface area contributed by atoms with Crippen molar-refractivity contribution in [2.24, 2.45) is 0 Å². The minimum absolute atomic E-state index is 0.0853. The van der Waals surface area contributed by atoms with E-state index in [0.717, 1.165) is 26.9 Å². The summed E-state index contributed by atoms with van der Waals surface area (Å²) in [6.07, 6.45) is 15.7. The van der Waals surface area contributed by atoms with Gasteiger partial charge in [-0.2, -0.15) is 30.6 Å². The number of ketones is 2. The number of likely N-dealkylation sites (N-methyl/N-ethyl adjacent to an activating group) is 3. The van der Waals surface area contributed by atoms with Crippen LogP contribution in [0.4, 0.5) is 13.2 Å². The molecule has 7 fully saturated rings. The molecule has 12 aromatic rings. The molecule has 7 aliphatic rings. The van der Waals surface area contributed by atoms with Crippen LogP contribution >= 0.6 is 34.0 Å². The van der Waals surface area contributed by atoms with E-state index in [1.807, 2.05) is 0 Å². The van der Waals surface area contributed by atoms with Gasteiger partial charge in [-0.3, -0.25) is 52.5 Å². The highest BCUT2D eigenvalue weighted by molar-refractivity contribution is 7.22. The number of nitrogens with one attached hydrogen (secondary N) is 1. The number of aromatic nitrogens is 15. The minimum atomic E-state index is -0.960. The molecule has 0 radical (unpaired) electrons. The second kappa shape index (κ2) is 42.7. The second-order valence-corrected chi connectivity index (χ2v) is 36.9. The van der Waals surface area contributed by atoms with E-state index in [1.165, 1.54) is 198 Å². The molecule has 9 aromatic heterocycles. The molecule has 19 rings (SSSR count). The summed E-state index contributed by atoms with van der Waals surface area (Å²) in [7, 11) is 9.37. The summed E-state index contributed by atoms with van der Waals surface area (Å²) in [5.74, 6) is -0.621. The second-order valence-electron chi connectivity index (χ2n) is 34.0. The van der Waals surface area contributed by atoms with Gasteiger partial charge in [0.25, 0.3) is 16.7 Å². The van der Waals surface area contributed by atoms with E-state index in [2.05, 4.69) is 35.6 Å². The predicted octanol–water partition coefficient (Wildman–Crippen LogP) is 8.90. The minimum Gasteiger partial charge on any atom is -0.496 e. The zero-order valence-corrected chi connectivity index (χ0v) is 78.3. The number of nitrogens with zero attached hydrogens (tertiary/aromatic N) is 17. The Bertz CT molecular complexity index is 6710. The number of aromatic amines is 1. The number of halogens is 3. The molecule has 718 valence electrons. The first-order valence-electron chi connectivity index (χ1n) is 44.5. The fourth-order valence-corrected chi connectivity index (χ4v) is 21.6. The summed E-state index contributed by atoms with van der Waals surface area (Å²) >= 11 is 3.59. The Morgan fingerprint density at radius 2 is 0.778 bits per heavy atom. The summed E-state index contributed by atoms with van der Waals surface area (Å²) in [5.41, 5.74) is -0.364. The molecule has 3 amide bonds. The van der Waals surface area contributed by atoms with Crippen LogP contribution in [-0.2, 0) is 56.0 Å². The van der Waals surface area contributed by atoms with Crippen LogP contribution in [0.25, 0.3) is 45.7 Å². The van der Waals surface area contributed by atoms with E-state index in [0.29, 0.717) is 201 Å². The average Bonchev–Trinajstić information content (AvgIpc) is 1.60. The predicted molar refractivity (Wildman–Crippen MR) is 490 cm³/mol. The van der Waals surface area contributed by atoms with E-state index in [1.54, 1.807) is 41.9 Å². The highest BCUT2D eigenvalue weighted by Gasteiger charge is 2.41. The van der Waals surface area contributed by atoms with Crippen LogP contribution in [0.1, 0.15) is 179 Å². The Balaban J connectivity index is 0.000000140. The molecule has 3 aliphatic carbocycles. The summed E-state index contributed by atoms with van der Waals surface area (Å²) < 4.78 is 88.8. The fourth-order valence-electron chi connectivity index (χ4n) is 18.1. The number of likely N-dealkylation sites (tertiary alicyclic amines) is 3. The van der Waals surface area contributed by atoms with Crippen LogP contribution < -0.4 is 48.0 Å². The lowest BCUT2D eigenvalue weighted by molar-refractivity contribution is -0.130. The van der Waals surface area contributed by atoms with Gasteiger partial charge in [0.2, 0.25) is 17.7 Å². The Kier molecular flexibility index (Phi) is 30.8. The molecule has 44 heteroatoms. The number of carbonyl (C=O) groups excluding carboxylic acids is 5. The number of aliphatic hydroxyl groups is 2. The summed E-state index contributed by atoms with van der Waals surface area (Å²) in [4.78, 5) is 156. The zero-order valence-electron chi connectivity index (χ0n) is 75.8. The van der Waals surface area contributed by atoms with Crippen molar-refractivity contribution >= 4 is 93.9 Å². The number of thiophene rings is 3. The Morgan fingerprint density at radius 1 is 0.444 bits per heavy atom. The van der Waals surface area contributed by atoms with Crippen molar-refractivity contribution in [2.45, 2.75) is 204 Å². The van der Waals surface area contributed by atoms with Crippen molar-refractivity contribution in [3.63, 3.8) is 0 Å². The number of methoxy groups -OCH3 is 3. The Morgan fingerprint density at radius 3 is 1.12 bits per heavy atom. The third-order valence-corrected chi connectivity index (χ3v) is 29.1. The largest absolute Gasteiger partial charge is 0.496 e. The van der Waals surface area contributed by atoms with Crippen molar-refractivity contribution in [1.82, 2.24) is 87.5 Å². The van der Waals surface area contributed by atoms with Crippen LogP contribution in [0.2, 0.25) is 0 Å². The number of fused-ring (bicyclic) bond motifs is 3. The van der Waals surface area contributed by atoms with Gasteiger partial charge in [-0.05, 0) is 159 Å². The first kappa shape index (κ1) is 97.2. The summed E-state index contributed by atoms with van der Waals surface area (Å²) in [6.45, 7) is 8.19. The van der Waals surface area contributed by atoms with Crippen molar-refractivity contribution < 1.29 is 80.5 Å². The van der Waals surface area contributed by atoms with E-state index < -0.39 is 93.7 Å². The molecule has 38 nitrogen and oxygen atoms in total. The maximum atomic E-state index is 14.6. The number of aryl methyl sites for hydroxylation is 3. The van der Waals surface area contributed by atoms with Crippen LogP contribution in [0.5, 0.6) is 17.2 Å². The van der Waals surface area contributed by atoms with E-state index in [-0.39, 0.29) is 78.1 Å². The lowest BCUT2D eigenvalue weighted by atomic mass is 9.94. The van der Waals surface area contributed by atoms with Gasteiger partial charge in [-0.25, -0.2) is 41.3 Å². The van der Waals surface area contributed by atoms with Crippen molar-refractivity contribution in [3.05, 3.63) is 205 Å². The number of hydrogen-bond donors (Lipinski definition) is 3. The quantitative estimate of drug-likeness (QED) is 0.0537. The molecule has 13 heterocycles. The lowest BCUT2D eigenvalue weighted by Crippen LogP contribution is -2.45. The topological polar surface area (TPSA) is 435 Å². The maximum absolute atomic E-state index is 14.6. The van der Waals surface area contributed by atoms with Gasteiger partial charge in [0.1, 0.15) is 112 Å². The molecule has 3 aromatic carbocycles. The molecule has 0 spiro atoms. The van der Waals surface area contributed by atoms with Gasteiger partial charge in [-0.15, -0.1) is 14.4 Å². The molecule has 135 heavy (non-hydrogen) atoms. The zero-order chi connectivity index (χ0) is 95.9. The van der Waals surface area contributed by atoms with Crippen LogP contribution in [0.15, 0.2) is 121 Å². The SMILES string of the molecule is C1CCOC1.COc1ccc(F)cc1[C@H](CO)OC1CCC(=O)CC1.COc1ccc(F)cc1[C@H](Cn1c(=O)n([C@H]2CCN(C)C2=O)c(=O)c2c(C)c(-n3nccn3)sc21)OC1CCC(=O)CC1.COc1ccc(F)cc1[C@H](Cn1c(=O)n([C@H]2CCN(C)C2=O)c(=O)c2c(C)c(-n3nccn3)sc21)OC1CCC(O)CC1.Cc1c(-n2nccn2)sc2[nH]c(=O)n([C@H]3CCN(C)C3=O)c(=O)c12. The highest BCUT2D eigenvalue weighted by Crippen LogP contribution is 2.41. The number of benzene rings is 3. The third kappa shape index (κ3) is 20.8. The van der Waals surface area contributed by atoms with Gasteiger partial charge < -0.3 is 58.1 Å². The van der Waals surface area contributed by atoms with Gasteiger partial charge in [0, 0.05) is 113 Å². The van der Waals surface area contributed by atoms with E-state index >= 15 is 0 Å². The molecule has 6 atom stereocenters. The van der Waals surface area contributed by atoms with Crippen molar-refractivity contribution in [2.75, 3.05) is 81.9 Å². The first-order chi connectivity index (χ1) is 65.0. The molecule has 3 saturated carbocycles. The number of hydrogen-bond acceptors (Lipinski definition) is 29. The Hall–Kier alpha value is -12.3. The standard InChI is InChI=1S/C29H33FN6O6S.C29H31FN6O6S.C15H19FO4.C14H14N6O3S.C4H8O/c2*1-16-24-26(39)35(21-10-13-33(2)25(21)38)29(40)34(28(24)43-27(16)36-31-11-12-32-36)15-23(42-19-7-5-18(37)6-8-19)20-14-17(30)4-9-22(20)41-3;1-19-14-7-2-10(16)8-13(14)15(9-17)20-12-5-3-11(18)4-6-12;1-7-9-10(24-13(7)20-15-4-5-16-20)17-14(23)19(12(9)22)8-3-6-18(2)11(8)21;1-2-4-5-3-1/h4,9,11-12,14,18-19,21,23,37H,5-8,10,13,15H2,1-3H3;4,9,11-12,14,19,21,23H,5-8,10,13,15H2,1-3H3;2,7-8,12,15,17H,3-6,9H2,1H3;4-5,8H,3,6H2,1-2H3,(H,17,23);1-4H2/t18?,19?,21-,23-;21-,23-;15-;8-;/m0000./s1. The molecular weight excluding hydrogens is 1820 g/mol. The van der Waals surface area contributed by atoms with Gasteiger partial charge in [0.05, 0.1) is 119 Å². The summed E-state index contributed by atoms with van der Waals surface area (Å²) in [6, 6.07) is 9.67. The number of carbonyl (C=O) groups is 5. The maximum Gasteiger partial charge on any atom is 0.332 e. The fraction of sp³-hybridized carbons (Fsp3) is 0.484. The van der Waals surface area contributed by atoms with Crippen LogP contribution in [-0.4, -0.2) is 233 Å². The van der Waals surface area contributed by atoms with E-state index in [4.69, 9.17) is 33.2 Å². The molecule has 3 N–H and O–H groups in total. The number of ether oxygens (including phenoxy) is 7. The average molecular weight is 1920 g/mol. The highest BCUT2D eigenvalue weighted by atomic mass is 32.1. The molecule has 4 aliphatic heterocycles. The van der Waals surface area contributed by atoms with Gasteiger partial charge >= 0.3 is 17.1 Å². The van der Waals surface area contributed by atoms with Crippen molar-refractivity contribution in [1.29, 1.82) is 0 Å². The number of aliphatic hydroxyl groups excluding tert-OH is 2. The third-order valence-electron chi connectivity index (χ3n) is 25.4. The molecule has 0 unspecified atom stereocenters. The molecule has 4 saturated heterocycles. The monoisotopic (exact) mass is 1920 g/mol. The smallest absolute Gasteiger partial charge is 0.332 e. The van der Waals surface area contributed by atoms with Gasteiger partial charge in [0.15, 0.2) is 0 Å². The normalized spacial score (nSPS) is 19.6. The lowest BCUT2D eigenvalue weighted by Gasteiger charge is -2.31. The first-order valence-corrected chi connectivity index (χ1v) is 47.0. The molecule has 0 bridgehead atoms. The van der Waals surface area contributed by atoms with E-state index in [9.17, 15) is 76.1 Å². The Labute approximate surface area is 780 Å². The van der Waals surface area contributed by atoms with Crippen molar-refractivity contribution in [3.8, 4) is 32.3 Å². The number of Topliss-reactive ketones (excluding diaryl/α,β-unsaturated/α-hetero) is 2. The number of amides is 3. The molecular formula is C91H105F3N18O20S3.